The molecule has 0 radical (unpaired) electrons. The van der Waals surface area contributed by atoms with Crippen LogP contribution in [0, 0.1) is 5.82 Å². The van der Waals surface area contributed by atoms with E-state index in [1.165, 1.54) is 6.07 Å². The van der Waals surface area contributed by atoms with Gasteiger partial charge >= 0.3 is 0 Å². The Bertz CT molecular complexity index is 557. The van der Waals surface area contributed by atoms with Crippen LogP contribution in [0.4, 0.5) is 4.39 Å². The van der Waals surface area contributed by atoms with Crippen LogP contribution in [0.5, 0.6) is 0 Å². The van der Waals surface area contributed by atoms with Crippen molar-refractivity contribution >= 4 is 35.0 Å². The first-order chi connectivity index (χ1) is 8.61. The number of imidazole rings is 1. The molecule has 2 aromatic rings. The van der Waals surface area contributed by atoms with Gasteiger partial charge in [0.15, 0.2) is 5.16 Å². The van der Waals surface area contributed by atoms with Crippen LogP contribution in [0.15, 0.2) is 29.6 Å². The molecule has 0 aliphatic rings. The second-order valence-electron chi connectivity index (χ2n) is 3.76. The summed E-state index contributed by atoms with van der Waals surface area (Å²) in [5.74, 6) is 0.728. The summed E-state index contributed by atoms with van der Waals surface area (Å²) < 4.78 is 15.0. The summed E-state index contributed by atoms with van der Waals surface area (Å²) in [7, 11) is 1.92. The standard InChI is InChI=1S/C12H11Cl2FN2S/c1-17-9(5-13)6-16-12(17)18-7-8-2-3-11(15)10(14)4-8/h2-4,6H,5,7H2,1H3. The van der Waals surface area contributed by atoms with Crippen LogP contribution >= 0.6 is 35.0 Å². The fraction of sp³-hybridized carbons (Fsp3) is 0.250. The van der Waals surface area contributed by atoms with E-state index in [0.29, 0.717) is 11.6 Å². The average molecular weight is 305 g/mol. The van der Waals surface area contributed by atoms with Gasteiger partial charge in [0, 0.05) is 12.8 Å². The molecule has 1 aromatic carbocycles. The van der Waals surface area contributed by atoms with E-state index in [1.54, 1.807) is 30.1 Å². The number of nitrogens with zero attached hydrogens (tertiary/aromatic N) is 2. The van der Waals surface area contributed by atoms with Crippen molar-refractivity contribution in [1.82, 2.24) is 9.55 Å². The van der Waals surface area contributed by atoms with Crippen LogP contribution in [-0.2, 0) is 18.7 Å². The SMILES string of the molecule is Cn1c(CCl)cnc1SCc1ccc(F)c(Cl)c1. The molecule has 0 saturated carbocycles. The van der Waals surface area contributed by atoms with Crippen molar-refractivity contribution < 1.29 is 4.39 Å². The van der Waals surface area contributed by atoms with Crippen molar-refractivity contribution in [1.29, 1.82) is 0 Å². The third-order valence-electron chi connectivity index (χ3n) is 2.53. The lowest BCUT2D eigenvalue weighted by Gasteiger charge is -2.04. The molecular weight excluding hydrogens is 294 g/mol. The lowest BCUT2D eigenvalue weighted by atomic mass is 10.2. The number of thioether (sulfide) groups is 1. The predicted octanol–water partition coefficient (Wildman–Crippen LogP) is 4.24. The molecule has 96 valence electrons. The van der Waals surface area contributed by atoms with Crippen molar-refractivity contribution in [3.05, 3.63) is 46.5 Å². The van der Waals surface area contributed by atoms with Crippen molar-refractivity contribution in [2.24, 2.45) is 7.05 Å². The van der Waals surface area contributed by atoms with E-state index in [0.717, 1.165) is 16.4 Å². The molecule has 0 aliphatic carbocycles. The molecule has 0 saturated heterocycles. The molecule has 6 heteroatoms. The Morgan fingerprint density at radius 2 is 2.22 bits per heavy atom. The molecule has 2 nitrogen and oxygen atoms in total. The number of aromatic nitrogens is 2. The van der Waals surface area contributed by atoms with E-state index in [4.69, 9.17) is 23.2 Å². The molecule has 2 rings (SSSR count). The first-order valence-corrected chi connectivity index (χ1v) is 7.15. The molecule has 1 heterocycles. The highest BCUT2D eigenvalue weighted by atomic mass is 35.5. The minimum Gasteiger partial charge on any atom is -0.325 e. The van der Waals surface area contributed by atoms with Crippen LogP contribution in [0.25, 0.3) is 0 Å². The van der Waals surface area contributed by atoms with Crippen molar-refractivity contribution in [3.63, 3.8) is 0 Å². The Morgan fingerprint density at radius 3 is 2.83 bits per heavy atom. The Hall–Kier alpha value is -0.710. The lowest BCUT2D eigenvalue weighted by Crippen LogP contribution is -1.95. The quantitative estimate of drug-likeness (QED) is 0.621. The van der Waals surface area contributed by atoms with Crippen molar-refractivity contribution in [2.75, 3.05) is 0 Å². The third kappa shape index (κ3) is 2.99. The smallest absolute Gasteiger partial charge is 0.168 e. The first-order valence-electron chi connectivity index (χ1n) is 5.25. The van der Waals surface area contributed by atoms with Gasteiger partial charge in [0.25, 0.3) is 0 Å². The summed E-state index contributed by atoms with van der Waals surface area (Å²) in [6, 6.07) is 4.73. The molecule has 0 fully saturated rings. The minimum atomic E-state index is -0.396. The highest BCUT2D eigenvalue weighted by Crippen LogP contribution is 2.25. The predicted molar refractivity (Wildman–Crippen MR) is 73.7 cm³/mol. The van der Waals surface area contributed by atoms with E-state index >= 15 is 0 Å². The fourth-order valence-corrected chi connectivity index (χ4v) is 2.83. The summed E-state index contributed by atoms with van der Waals surface area (Å²) in [4.78, 5) is 4.28. The van der Waals surface area contributed by atoms with E-state index < -0.39 is 5.82 Å². The van der Waals surface area contributed by atoms with E-state index in [9.17, 15) is 4.39 Å². The molecule has 18 heavy (non-hydrogen) atoms. The molecular formula is C12H11Cl2FN2S. The highest BCUT2D eigenvalue weighted by molar-refractivity contribution is 7.98. The van der Waals surface area contributed by atoms with Gasteiger partial charge in [-0.05, 0) is 17.7 Å². The van der Waals surface area contributed by atoms with Gasteiger partial charge in [0.05, 0.1) is 22.8 Å². The van der Waals surface area contributed by atoms with Crippen molar-refractivity contribution in [2.45, 2.75) is 16.8 Å². The van der Waals surface area contributed by atoms with Crippen LogP contribution in [0.1, 0.15) is 11.3 Å². The summed E-state index contributed by atoms with van der Waals surface area (Å²) in [6.07, 6.45) is 1.76. The van der Waals surface area contributed by atoms with Crippen molar-refractivity contribution in [3.8, 4) is 0 Å². The fourth-order valence-electron chi connectivity index (χ4n) is 1.46. The molecule has 0 atom stereocenters. The topological polar surface area (TPSA) is 17.8 Å². The van der Waals surface area contributed by atoms with Crippen LogP contribution in [0.3, 0.4) is 0 Å². The zero-order chi connectivity index (χ0) is 13.1. The van der Waals surface area contributed by atoms with E-state index in [1.807, 2.05) is 11.6 Å². The zero-order valence-corrected chi connectivity index (χ0v) is 12.0. The molecule has 0 bridgehead atoms. The lowest BCUT2D eigenvalue weighted by molar-refractivity contribution is 0.628. The maximum Gasteiger partial charge on any atom is 0.168 e. The molecule has 1 aromatic heterocycles. The van der Waals surface area contributed by atoms with Gasteiger partial charge in [-0.25, -0.2) is 9.37 Å². The summed E-state index contributed by atoms with van der Waals surface area (Å²) in [5.41, 5.74) is 1.93. The van der Waals surface area contributed by atoms with Gasteiger partial charge in [-0.1, -0.05) is 29.4 Å². The summed E-state index contributed by atoms with van der Waals surface area (Å²) >= 11 is 13.1. The van der Waals surface area contributed by atoms with E-state index in [-0.39, 0.29) is 5.02 Å². The molecule has 0 aliphatic heterocycles. The average Bonchev–Trinajstić information content (AvgIpc) is 2.72. The van der Waals surface area contributed by atoms with Gasteiger partial charge in [0.1, 0.15) is 5.82 Å². The largest absolute Gasteiger partial charge is 0.325 e. The number of benzene rings is 1. The van der Waals surface area contributed by atoms with Gasteiger partial charge in [0.2, 0.25) is 0 Å². The Morgan fingerprint density at radius 1 is 1.44 bits per heavy atom. The van der Waals surface area contributed by atoms with Crippen LogP contribution in [0.2, 0.25) is 5.02 Å². The van der Waals surface area contributed by atoms with Gasteiger partial charge in [-0.2, -0.15) is 0 Å². The van der Waals surface area contributed by atoms with Gasteiger partial charge < -0.3 is 4.57 Å². The highest BCUT2D eigenvalue weighted by Gasteiger charge is 2.07. The molecule has 0 unspecified atom stereocenters. The number of hydrogen-bond acceptors (Lipinski definition) is 2. The maximum absolute atomic E-state index is 13.0. The first kappa shape index (κ1) is 13.7. The van der Waals surface area contributed by atoms with Gasteiger partial charge in [-0.3, -0.25) is 0 Å². The molecule has 0 N–H and O–H groups in total. The normalized spacial score (nSPS) is 10.9. The number of hydrogen-bond donors (Lipinski definition) is 0. The second-order valence-corrected chi connectivity index (χ2v) is 5.38. The molecule has 0 amide bonds. The summed E-state index contributed by atoms with van der Waals surface area (Å²) in [6.45, 7) is 0. The van der Waals surface area contributed by atoms with Gasteiger partial charge in [-0.15, -0.1) is 11.6 Å². The maximum atomic E-state index is 13.0. The van der Waals surface area contributed by atoms with E-state index in [2.05, 4.69) is 4.98 Å². The second kappa shape index (κ2) is 5.95. The number of rotatable bonds is 4. The number of alkyl halides is 1. The zero-order valence-electron chi connectivity index (χ0n) is 9.66. The number of halogens is 3. The third-order valence-corrected chi connectivity index (χ3v) is 4.21. The van der Waals surface area contributed by atoms with Crippen LogP contribution in [-0.4, -0.2) is 9.55 Å². The summed E-state index contributed by atoms with van der Waals surface area (Å²) in [5, 5.41) is 1.03. The minimum absolute atomic E-state index is 0.148. The molecule has 0 spiro atoms. The monoisotopic (exact) mass is 304 g/mol. The Labute approximate surface area is 119 Å². The van der Waals surface area contributed by atoms with Crippen LogP contribution < -0.4 is 0 Å². The Balaban J connectivity index is 2.06. The Kier molecular flexibility index (Phi) is 4.54.